The van der Waals surface area contributed by atoms with Crippen LogP contribution in [0, 0.1) is 0 Å². The van der Waals surface area contributed by atoms with E-state index in [-0.39, 0.29) is 18.6 Å². The lowest BCUT2D eigenvalue weighted by Crippen LogP contribution is -2.45. The Kier molecular flexibility index (Phi) is 4.70. The Hall–Kier alpha value is -2.64. The van der Waals surface area contributed by atoms with Crippen LogP contribution in [0.25, 0.3) is 0 Å². The number of carbonyl (C=O) groups is 1. The van der Waals surface area contributed by atoms with Crippen LogP contribution in [-0.2, 0) is 11.3 Å². The van der Waals surface area contributed by atoms with E-state index in [4.69, 9.17) is 9.47 Å². The molecule has 23 heavy (non-hydrogen) atoms. The number of piperidine rings is 1. The van der Waals surface area contributed by atoms with E-state index < -0.39 is 0 Å². The fourth-order valence-electron chi connectivity index (χ4n) is 2.55. The molecule has 0 unspecified atom stereocenters. The summed E-state index contributed by atoms with van der Waals surface area (Å²) in [6.45, 7) is 1.53. The number of hydrogen-bond acceptors (Lipinski definition) is 6. The summed E-state index contributed by atoms with van der Waals surface area (Å²) in [5, 5.41) is 4.06. The van der Waals surface area contributed by atoms with Crippen LogP contribution in [0.15, 0.2) is 30.9 Å². The van der Waals surface area contributed by atoms with Gasteiger partial charge in [-0.1, -0.05) is 0 Å². The number of likely N-dealkylation sites (tertiary alicyclic amines) is 1. The minimum atomic E-state index is -0.0910. The monoisotopic (exact) mass is 317 g/mol. The fraction of sp³-hybridized carbons (Fsp3) is 0.467. The van der Waals surface area contributed by atoms with Gasteiger partial charge >= 0.3 is 0 Å². The van der Waals surface area contributed by atoms with E-state index >= 15 is 0 Å². The zero-order chi connectivity index (χ0) is 16.1. The third-order valence-corrected chi connectivity index (χ3v) is 3.67. The van der Waals surface area contributed by atoms with E-state index in [1.54, 1.807) is 29.3 Å². The van der Waals surface area contributed by atoms with Crippen LogP contribution in [0.1, 0.15) is 12.8 Å². The minimum absolute atomic E-state index is 0.0405. The van der Waals surface area contributed by atoms with Gasteiger partial charge in [0.1, 0.15) is 12.6 Å². The zero-order valence-electron chi connectivity index (χ0n) is 13.0. The standard InChI is InChI=1S/C15H19N5O3/c1-22-13-8-16-9-14(18-13)23-12-4-2-6-19(10-12)15(21)11-20-7-3-5-17-20/h3,5,7-9,12H,2,4,6,10-11H2,1H3/t12-/m0/s1. The van der Waals surface area contributed by atoms with Crippen LogP contribution in [0.4, 0.5) is 0 Å². The Balaban J connectivity index is 1.58. The van der Waals surface area contributed by atoms with Gasteiger partial charge in [0.05, 0.1) is 26.0 Å². The van der Waals surface area contributed by atoms with Crippen LogP contribution < -0.4 is 9.47 Å². The third-order valence-electron chi connectivity index (χ3n) is 3.67. The highest BCUT2D eigenvalue weighted by atomic mass is 16.5. The normalized spacial score (nSPS) is 17.8. The number of amides is 1. The molecule has 0 aliphatic carbocycles. The second kappa shape index (κ2) is 7.08. The summed E-state index contributed by atoms with van der Waals surface area (Å²) in [5.41, 5.74) is 0. The Morgan fingerprint density at radius 3 is 3.04 bits per heavy atom. The van der Waals surface area contributed by atoms with Gasteiger partial charge in [-0.15, -0.1) is 0 Å². The molecule has 0 spiro atoms. The van der Waals surface area contributed by atoms with E-state index in [0.717, 1.165) is 19.4 Å². The van der Waals surface area contributed by atoms with E-state index in [1.165, 1.54) is 13.3 Å². The number of ether oxygens (including phenoxy) is 2. The molecule has 1 fully saturated rings. The largest absolute Gasteiger partial charge is 0.480 e. The number of rotatable bonds is 5. The molecule has 0 radical (unpaired) electrons. The predicted molar refractivity (Wildman–Crippen MR) is 81.0 cm³/mol. The van der Waals surface area contributed by atoms with Gasteiger partial charge in [0.15, 0.2) is 0 Å². The second-order valence-electron chi connectivity index (χ2n) is 5.33. The summed E-state index contributed by atoms with van der Waals surface area (Å²) in [6.07, 6.45) is 8.20. The first kappa shape index (κ1) is 15.3. The van der Waals surface area contributed by atoms with Crippen LogP contribution in [0.5, 0.6) is 11.8 Å². The Morgan fingerprint density at radius 1 is 1.39 bits per heavy atom. The average Bonchev–Trinajstić information content (AvgIpc) is 3.08. The van der Waals surface area contributed by atoms with Gasteiger partial charge in [0.2, 0.25) is 17.7 Å². The summed E-state index contributed by atoms with van der Waals surface area (Å²) in [5.74, 6) is 0.861. The Morgan fingerprint density at radius 2 is 2.26 bits per heavy atom. The maximum atomic E-state index is 12.3. The van der Waals surface area contributed by atoms with E-state index in [2.05, 4.69) is 15.1 Å². The molecule has 2 aromatic rings. The second-order valence-corrected chi connectivity index (χ2v) is 5.33. The molecule has 1 saturated heterocycles. The summed E-state index contributed by atoms with van der Waals surface area (Å²) >= 11 is 0. The van der Waals surface area contributed by atoms with Gasteiger partial charge in [-0.25, -0.2) is 0 Å². The van der Waals surface area contributed by atoms with Crippen molar-refractivity contribution in [1.82, 2.24) is 24.6 Å². The number of nitrogens with zero attached hydrogens (tertiary/aromatic N) is 5. The summed E-state index contributed by atoms with van der Waals surface area (Å²) in [6, 6.07) is 1.80. The molecule has 0 N–H and O–H groups in total. The van der Waals surface area contributed by atoms with Gasteiger partial charge < -0.3 is 14.4 Å². The van der Waals surface area contributed by atoms with Gasteiger partial charge in [-0.05, 0) is 18.9 Å². The summed E-state index contributed by atoms with van der Waals surface area (Å²) in [7, 11) is 1.53. The molecule has 1 aliphatic rings. The molecule has 8 nitrogen and oxygen atoms in total. The molecule has 122 valence electrons. The number of methoxy groups -OCH3 is 1. The van der Waals surface area contributed by atoms with Crippen molar-refractivity contribution in [2.45, 2.75) is 25.5 Å². The fourth-order valence-corrected chi connectivity index (χ4v) is 2.55. The lowest BCUT2D eigenvalue weighted by atomic mass is 10.1. The first-order valence-electron chi connectivity index (χ1n) is 7.52. The summed E-state index contributed by atoms with van der Waals surface area (Å²) < 4.78 is 12.5. The van der Waals surface area contributed by atoms with E-state index in [0.29, 0.717) is 18.3 Å². The van der Waals surface area contributed by atoms with Crippen molar-refractivity contribution in [2.24, 2.45) is 0 Å². The molecule has 1 amide bonds. The predicted octanol–water partition coefficient (Wildman–Crippen LogP) is 0.752. The zero-order valence-corrected chi connectivity index (χ0v) is 13.0. The molecule has 0 saturated carbocycles. The van der Waals surface area contributed by atoms with Crippen molar-refractivity contribution in [3.8, 4) is 11.8 Å². The highest BCUT2D eigenvalue weighted by molar-refractivity contribution is 5.76. The highest BCUT2D eigenvalue weighted by Gasteiger charge is 2.25. The molecular weight excluding hydrogens is 298 g/mol. The SMILES string of the molecule is COc1cncc(O[C@H]2CCCN(C(=O)Cn3cccn3)C2)n1. The topological polar surface area (TPSA) is 82.4 Å². The maximum absolute atomic E-state index is 12.3. The van der Waals surface area contributed by atoms with Gasteiger partial charge in [-0.3, -0.25) is 14.5 Å². The maximum Gasteiger partial charge on any atom is 0.244 e. The smallest absolute Gasteiger partial charge is 0.244 e. The van der Waals surface area contributed by atoms with Gasteiger partial charge in [-0.2, -0.15) is 10.1 Å². The third kappa shape index (κ3) is 3.97. The van der Waals surface area contributed by atoms with Crippen LogP contribution >= 0.6 is 0 Å². The highest BCUT2D eigenvalue weighted by Crippen LogP contribution is 2.18. The molecule has 3 heterocycles. The van der Waals surface area contributed by atoms with Gasteiger partial charge in [0, 0.05) is 18.9 Å². The molecule has 1 atom stereocenters. The molecule has 0 bridgehead atoms. The molecule has 0 aromatic carbocycles. The number of carbonyl (C=O) groups excluding carboxylic acids is 1. The molecule has 2 aromatic heterocycles. The Labute approximate surface area is 134 Å². The Bertz CT molecular complexity index is 646. The van der Waals surface area contributed by atoms with Crippen LogP contribution in [-0.4, -0.2) is 56.9 Å². The quantitative estimate of drug-likeness (QED) is 0.809. The van der Waals surface area contributed by atoms with E-state index in [9.17, 15) is 4.79 Å². The molecule has 3 rings (SSSR count). The number of aromatic nitrogens is 4. The lowest BCUT2D eigenvalue weighted by Gasteiger charge is -2.32. The van der Waals surface area contributed by atoms with Crippen molar-refractivity contribution >= 4 is 5.91 Å². The minimum Gasteiger partial charge on any atom is -0.480 e. The molecular formula is C15H19N5O3. The average molecular weight is 317 g/mol. The van der Waals surface area contributed by atoms with Crippen molar-refractivity contribution in [1.29, 1.82) is 0 Å². The van der Waals surface area contributed by atoms with Crippen molar-refractivity contribution in [3.05, 3.63) is 30.9 Å². The lowest BCUT2D eigenvalue weighted by molar-refractivity contribution is -0.134. The summed E-state index contributed by atoms with van der Waals surface area (Å²) in [4.78, 5) is 22.3. The first-order chi connectivity index (χ1) is 11.2. The van der Waals surface area contributed by atoms with Crippen molar-refractivity contribution in [2.75, 3.05) is 20.2 Å². The van der Waals surface area contributed by atoms with E-state index in [1.807, 2.05) is 4.90 Å². The van der Waals surface area contributed by atoms with Gasteiger partial charge in [0.25, 0.3) is 0 Å². The van der Waals surface area contributed by atoms with Crippen molar-refractivity contribution in [3.63, 3.8) is 0 Å². The van der Waals surface area contributed by atoms with Crippen LogP contribution in [0.2, 0.25) is 0 Å². The molecule has 8 heteroatoms. The van der Waals surface area contributed by atoms with Crippen LogP contribution in [0.3, 0.4) is 0 Å². The first-order valence-corrected chi connectivity index (χ1v) is 7.52. The number of hydrogen-bond donors (Lipinski definition) is 0. The molecule has 1 aliphatic heterocycles. The van der Waals surface area contributed by atoms with Crippen molar-refractivity contribution < 1.29 is 14.3 Å².